The molecule has 0 saturated heterocycles. The second kappa shape index (κ2) is 14.0. The molecule has 1 unspecified atom stereocenters. The van der Waals surface area contributed by atoms with Crippen molar-refractivity contribution in [1.82, 2.24) is 10.2 Å². The highest BCUT2D eigenvalue weighted by Gasteiger charge is 2.34. The number of anilines is 1. The number of hydrogen-bond acceptors (Lipinski definition) is 6. The molecule has 220 valence electrons. The van der Waals surface area contributed by atoms with Crippen molar-refractivity contribution in [2.45, 2.75) is 57.6 Å². The minimum absolute atomic E-state index is 0.0515. The summed E-state index contributed by atoms with van der Waals surface area (Å²) in [7, 11) is -1.08. The number of benzene rings is 3. The van der Waals surface area contributed by atoms with Crippen LogP contribution in [0, 0.1) is 6.92 Å². The molecule has 2 amide bonds. The average molecular weight is 582 g/mol. The summed E-state index contributed by atoms with van der Waals surface area (Å²) in [5.74, 6) is 0.321. The van der Waals surface area contributed by atoms with Crippen LogP contribution < -0.4 is 19.1 Å². The Morgan fingerprint density at radius 1 is 0.902 bits per heavy atom. The second-order valence-electron chi connectivity index (χ2n) is 9.98. The fraction of sp³-hybridized carbons (Fsp3) is 0.355. The van der Waals surface area contributed by atoms with E-state index in [1.54, 1.807) is 61.7 Å². The maximum absolute atomic E-state index is 14.1. The molecule has 1 N–H and O–H groups in total. The molecule has 0 aliphatic carbocycles. The first kappa shape index (κ1) is 31.5. The summed E-state index contributed by atoms with van der Waals surface area (Å²) in [6.07, 6.45) is 0.335. The van der Waals surface area contributed by atoms with E-state index in [1.165, 1.54) is 24.1 Å². The monoisotopic (exact) mass is 581 g/mol. The quantitative estimate of drug-likeness (QED) is 0.318. The number of hydrogen-bond donors (Lipinski definition) is 1. The van der Waals surface area contributed by atoms with Crippen molar-refractivity contribution in [3.63, 3.8) is 0 Å². The minimum atomic E-state index is -4.15. The SMILES string of the molecule is CCC(C(=O)NC(C)C)N(Cc1cccc(OC)c1)C(=O)CN(c1ccc(OC)cc1)S(=O)(=O)c1ccc(C)cc1. The average Bonchev–Trinajstić information content (AvgIpc) is 2.95. The van der Waals surface area contributed by atoms with Gasteiger partial charge >= 0.3 is 0 Å². The van der Waals surface area contributed by atoms with Crippen molar-refractivity contribution in [2.75, 3.05) is 25.1 Å². The van der Waals surface area contributed by atoms with Gasteiger partial charge in [0.15, 0.2) is 0 Å². The molecule has 9 nitrogen and oxygen atoms in total. The van der Waals surface area contributed by atoms with E-state index in [0.717, 1.165) is 15.4 Å². The molecule has 0 heterocycles. The lowest BCUT2D eigenvalue weighted by Crippen LogP contribution is -2.53. The Kier molecular flexibility index (Phi) is 10.8. The molecular formula is C31H39N3O6S. The first-order valence-electron chi connectivity index (χ1n) is 13.5. The summed E-state index contributed by atoms with van der Waals surface area (Å²) in [5.41, 5.74) is 1.94. The van der Waals surface area contributed by atoms with Gasteiger partial charge in [-0.2, -0.15) is 0 Å². The normalized spacial score (nSPS) is 12.0. The molecule has 10 heteroatoms. The lowest BCUT2D eigenvalue weighted by Gasteiger charge is -2.33. The second-order valence-corrected chi connectivity index (χ2v) is 11.8. The Labute approximate surface area is 243 Å². The third-order valence-electron chi connectivity index (χ3n) is 6.55. The number of nitrogens with zero attached hydrogens (tertiary/aromatic N) is 2. The summed E-state index contributed by atoms with van der Waals surface area (Å²) < 4.78 is 39.6. The molecule has 3 aromatic rings. The van der Waals surface area contributed by atoms with Crippen LogP contribution in [0.15, 0.2) is 77.7 Å². The molecule has 0 spiro atoms. The van der Waals surface area contributed by atoms with Crippen molar-refractivity contribution in [2.24, 2.45) is 0 Å². The molecule has 0 bridgehead atoms. The zero-order valence-electron chi connectivity index (χ0n) is 24.5. The van der Waals surface area contributed by atoms with Crippen molar-refractivity contribution in [3.8, 4) is 11.5 Å². The fourth-order valence-electron chi connectivity index (χ4n) is 4.38. The molecule has 0 aliphatic rings. The fourth-order valence-corrected chi connectivity index (χ4v) is 5.80. The third-order valence-corrected chi connectivity index (χ3v) is 8.34. The highest BCUT2D eigenvalue weighted by atomic mass is 32.2. The molecular weight excluding hydrogens is 542 g/mol. The number of nitrogens with one attached hydrogen (secondary N) is 1. The van der Waals surface area contributed by atoms with Crippen LogP contribution >= 0.6 is 0 Å². The van der Waals surface area contributed by atoms with Gasteiger partial charge in [0.2, 0.25) is 11.8 Å². The van der Waals surface area contributed by atoms with E-state index in [9.17, 15) is 18.0 Å². The maximum Gasteiger partial charge on any atom is 0.264 e. The largest absolute Gasteiger partial charge is 0.497 e. The van der Waals surface area contributed by atoms with Gasteiger partial charge in [-0.3, -0.25) is 13.9 Å². The summed E-state index contributed by atoms with van der Waals surface area (Å²) in [6, 6.07) is 19.2. The molecule has 0 aliphatic heterocycles. The van der Waals surface area contributed by atoms with Crippen LogP contribution in [0.3, 0.4) is 0 Å². The standard InChI is InChI=1S/C31H39N3O6S/c1-7-29(31(36)32-22(2)3)33(20-24-9-8-10-27(19-24)40-6)30(35)21-34(25-13-15-26(39-5)16-14-25)41(37,38)28-17-11-23(4)12-18-28/h8-19,22,29H,7,20-21H2,1-6H3,(H,32,36). The van der Waals surface area contributed by atoms with Gasteiger partial charge in [-0.15, -0.1) is 0 Å². The maximum atomic E-state index is 14.1. The van der Waals surface area contributed by atoms with Gasteiger partial charge in [0.1, 0.15) is 24.1 Å². The predicted octanol–water partition coefficient (Wildman–Crippen LogP) is 4.54. The Hall–Kier alpha value is -4.05. The van der Waals surface area contributed by atoms with E-state index in [4.69, 9.17) is 9.47 Å². The number of carbonyl (C=O) groups is 2. The van der Waals surface area contributed by atoms with Crippen molar-refractivity contribution in [1.29, 1.82) is 0 Å². The first-order chi connectivity index (χ1) is 19.5. The molecule has 3 rings (SSSR count). The van der Waals surface area contributed by atoms with Gasteiger partial charge in [0.25, 0.3) is 10.0 Å². The van der Waals surface area contributed by atoms with Crippen LogP contribution in [0.2, 0.25) is 0 Å². The van der Waals surface area contributed by atoms with E-state index in [2.05, 4.69) is 5.32 Å². The van der Waals surface area contributed by atoms with Gasteiger partial charge in [-0.1, -0.05) is 36.8 Å². The van der Waals surface area contributed by atoms with Crippen LogP contribution in [0.4, 0.5) is 5.69 Å². The van der Waals surface area contributed by atoms with Crippen molar-refractivity contribution in [3.05, 3.63) is 83.9 Å². The lowest BCUT2D eigenvalue weighted by atomic mass is 10.1. The predicted molar refractivity (Wildman–Crippen MR) is 160 cm³/mol. The van der Waals surface area contributed by atoms with Gasteiger partial charge in [0, 0.05) is 12.6 Å². The summed E-state index contributed by atoms with van der Waals surface area (Å²) >= 11 is 0. The van der Waals surface area contributed by atoms with Gasteiger partial charge < -0.3 is 19.7 Å². The van der Waals surface area contributed by atoms with E-state index in [0.29, 0.717) is 23.6 Å². The third kappa shape index (κ3) is 8.00. The zero-order chi connectivity index (χ0) is 30.2. The van der Waals surface area contributed by atoms with Crippen LogP contribution in [0.5, 0.6) is 11.5 Å². The van der Waals surface area contributed by atoms with Gasteiger partial charge in [0.05, 0.1) is 24.8 Å². The smallest absolute Gasteiger partial charge is 0.264 e. The van der Waals surface area contributed by atoms with Crippen LogP contribution in [-0.2, 0) is 26.2 Å². The number of ether oxygens (including phenoxy) is 2. The Balaban J connectivity index is 2.07. The Morgan fingerprint density at radius 2 is 1.54 bits per heavy atom. The zero-order valence-corrected chi connectivity index (χ0v) is 25.3. The van der Waals surface area contributed by atoms with Crippen LogP contribution in [0.25, 0.3) is 0 Å². The molecule has 1 atom stereocenters. The molecule has 3 aromatic carbocycles. The van der Waals surface area contributed by atoms with Crippen molar-refractivity contribution < 1.29 is 27.5 Å². The van der Waals surface area contributed by atoms with Gasteiger partial charge in [-0.25, -0.2) is 8.42 Å². The number of carbonyl (C=O) groups excluding carboxylic acids is 2. The molecule has 41 heavy (non-hydrogen) atoms. The number of aryl methyl sites for hydroxylation is 1. The Morgan fingerprint density at radius 3 is 2.10 bits per heavy atom. The number of amides is 2. The van der Waals surface area contributed by atoms with E-state index >= 15 is 0 Å². The minimum Gasteiger partial charge on any atom is -0.497 e. The number of methoxy groups -OCH3 is 2. The lowest BCUT2D eigenvalue weighted by molar-refractivity contribution is -0.140. The number of rotatable bonds is 13. The van der Waals surface area contributed by atoms with Crippen LogP contribution in [-0.4, -0.2) is 58.0 Å². The molecule has 0 aromatic heterocycles. The van der Waals surface area contributed by atoms with E-state index < -0.39 is 28.5 Å². The first-order valence-corrected chi connectivity index (χ1v) is 14.9. The summed E-state index contributed by atoms with van der Waals surface area (Å²) in [5, 5.41) is 2.89. The van der Waals surface area contributed by atoms with Crippen molar-refractivity contribution >= 4 is 27.5 Å². The van der Waals surface area contributed by atoms with E-state index in [1.807, 2.05) is 33.8 Å². The van der Waals surface area contributed by atoms with Crippen LogP contribution in [0.1, 0.15) is 38.3 Å². The number of sulfonamides is 1. The van der Waals surface area contributed by atoms with E-state index in [-0.39, 0.29) is 23.4 Å². The molecule has 0 radical (unpaired) electrons. The topological polar surface area (TPSA) is 105 Å². The van der Waals surface area contributed by atoms with Gasteiger partial charge in [-0.05, 0) is 81.3 Å². The summed E-state index contributed by atoms with van der Waals surface area (Å²) in [4.78, 5) is 28.9. The summed E-state index contributed by atoms with van der Waals surface area (Å²) in [6.45, 7) is 6.95. The molecule has 0 saturated carbocycles. The highest BCUT2D eigenvalue weighted by Crippen LogP contribution is 2.27. The Bertz CT molecular complexity index is 1420. The molecule has 0 fully saturated rings. The highest BCUT2D eigenvalue weighted by molar-refractivity contribution is 7.92.